The van der Waals surface area contributed by atoms with Crippen molar-refractivity contribution in [2.45, 2.75) is 44.6 Å². The fraction of sp³-hybridized carbons (Fsp3) is 0.500. The molecule has 0 radical (unpaired) electrons. The van der Waals surface area contributed by atoms with Gasteiger partial charge < -0.3 is 16.0 Å². The van der Waals surface area contributed by atoms with Crippen LogP contribution in [0.15, 0.2) is 54.6 Å². The van der Waals surface area contributed by atoms with Gasteiger partial charge in [0.05, 0.1) is 4.70 Å². The summed E-state index contributed by atoms with van der Waals surface area (Å²) >= 11 is 1.61. The molecule has 0 spiro atoms. The Balaban J connectivity index is 1.18. The number of fused-ring (bicyclic) bond motifs is 1. The first kappa shape index (κ1) is 24.1. The monoisotopic (exact) mass is 491 g/mol. The third-order valence-corrected chi connectivity index (χ3v) is 9.00. The van der Waals surface area contributed by atoms with Crippen LogP contribution in [0.2, 0.25) is 0 Å². The quantitative estimate of drug-likeness (QED) is 0.484. The molecule has 186 valence electrons. The van der Waals surface area contributed by atoms with Gasteiger partial charge in [-0.1, -0.05) is 42.5 Å². The van der Waals surface area contributed by atoms with E-state index in [2.05, 4.69) is 76.6 Å². The summed E-state index contributed by atoms with van der Waals surface area (Å²) < 4.78 is 6.03. The molecule has 1 saturated carbocycles. The fourth-order valence-corrected chi connectivity index (χ4v) is 6.94. The van der Waals surface area contributed by atoms with Crippen LogP contribution in [-0.2, 0) is 0 Å². The molecule has 2 aliphatic rings. The first-order valence-corrected chi connectivity index (χ1v) is 13.8. The Morgan fingerprint density at radius 1 is 1.09 bits per heavy atom. The minimum Gasteiger partial charge on any atom is -0.353 e. The Morgan fingerprint density at radius 3 is 2.60 bits per heavy atom. The second-order valence-corrected chi connectivity index (χ2v) is 11.1. The number of nitrogens with two attached hydrogens (primary N) is 1. The normalized spacial score (nSPS) is 24.4. The lowest BCUT2D eigenvalue weighted by molar-refractivity contribution is 0.167. The van der Waals surface area contributed by atoms with Crippen LogP contribution in [0.4, 0.5) is 10.6 Å². The SMILES string of the molecule is CC(NC(N)=O)[C@@H]1CCC(CCN2CCN(c3nsc4ccccc34)CC2)[C@@H](c2ccccc2)C1. The van der Waals surface area contributed by atoms with Crippen LogP contribution < -0.4 is 16.0 Å². The number of rotatable bonds is 7. The Bertz CT molecular complexity index is 1110. The molecular formula is C28H37N5OS. The van der Waals surface area contributed by atoms with E-state index in [4.69, 9.17) is 10.1 Å². The van der Waals surface area contributed by atoms with Gasteiger partial charge in [0.2, 0.25) is 0 Å². The molecule has 2 amide bonds. The number of urea groups is 1. The van der Waals surface area contributed by atoms with Crippen LogP contribution in [-0.4, -0.2) is 54.1 Å². The van der Waals surface area contributed by atoms with Gasteiger partial charge in [-0.15, -0.1) is 0 Å². The molecule has 1 saturated heterocycles. The molecule has 4 atom stereocenters. The number of primary amides is 1. The molecule has 1 aliphatic heterocycles. The number of hydrogen-bond donors (Lipinski definition) is 2. The third kappa shape index (κ3) is 5.62. The van der Waals surface area contributed by atoms with Gasteiger partial charge in [0, 0.05) is 37.6 Å². The van der Waals surface area contributed by atoms with Gasteiger partial charge in [0.25, 0.3) is 0 Å². The molecule has 0 bridgehead atoms. The summed E-state index contributed by atoms with van der Waals surface area (Å²) in [4.78, 5) is 16.5. The maximum absolute atomic E-state index is 11.4. The highest BCUT2D eigenvalue weighted by Gasteiger charge is 2.34. The Hall–Kier alpha value is -2.64. The van der Waals surface area contributed by atoms with Crippen molar-refractivity contribution in [3.05, 3.63) is 60.2 Å². The first-order chi connectivity index (χ1) is 17.1. The summed E-state index contributed by atoms with van der Waals surface area (Å²) in [6.07, 6.45) is 4.70. The molecule has 1 aromatic heterocycles. The summed E-state index contributed by atoms with van der Waals surface area (Å²) in [5, 5.41) is 4.22. The van der Waals surface area contributed by atoms with E-state index in [-0.39, 0.29) is 6.04 Å². The molecule has 2 heterocycles. The Labute approximate surface area is 212 Å². The van der Waals surface area contributed by atoms with E-state index >= 15 is 0 Å². The number of anilines is 1. The minimum atomic E-state index is -0.416. The fourth-order valence-electron chi connectivity index (χ4n) is 6.15. The van der Waals surface area contributed by atoms with E-state index < -0.39 is 6.03 Å². The summed E-state index contributed by atoms with van der Waals surface area (Å²) in [5.41, 5.74) is 6.85. The van der Waals surface area contributed by atoms with E-state index in [0.717, 1.165) is 51.4 Å². The predicted molar refractivity (Wildman–Crippen MR) is 145 cm³/mol. The van der Waals surface area contributed by atoms with Crippen LogP contribution in [0.5, 0.6) is 0 Å². The Morgan fingerprint density at radius 2 is 1.83 bits per heavy atom. The Kier molecular flexibility index (Phi) is 7.54. The molecule has 2 unspecified atom stereocenters. The number of amides is 2. The predicted octanol–water partition coefficient (Wildman–Crippen LogP) is 5.07. The van der Waals surface area contributed by atoms with Crippen LogP contribution in [0.25, 0.3) is 10.1 Å². The lowest BCUT2D eigenvalue weighted by Gasteiger charge is -2.41. The van der Waals surface area contributed by atoms with Crippen molar-refractivity contribution in [1.82, 2.24) is 14.6 Å². The van der Waals surface area contributed by atoms with Crippen molar-refractivity contribution in [2.24, 2.45) is 17.6 Å². The van der Waals surface area contributed by atoms with Gasteiger partial charge in [-0.3, -0.25) is 4.90 Å². The maximum atomic E-state index is 11.4. The lowest BCUT2D eigenvalue weighted by Crippen LogP contribution is -2.47. The molecular weight excluding hydrogens is 454 g/mol. The average molecular weight is 492 g/mol. The lowest BCUT2D eigenvalue weighted by atomic mass is 9.68. The second-order valence-electron chi connectivity index (χ2n) is 10.3. The van der Waals surface area contributed by atoms with E-state index in [9.17, 15) is 4.79 Å². The number of nitrogens with zero attached hydrogens (tertiary/aromatic N) is 3. The standard InChI is InChI=1S/C28H37N5OS/c1-20(30-28(29)34)23-12-11-22(25(19-23)21-7-3-2-4-8-21)13-14-32-15-17-33(18-16-32)27-24-9-5-6-10-26(24)35-31-27/h2-10,20,22-23,25H,11-19H2,1H3,(H3,29,30,34)/t20?,22?,23-,25-/m1/s1. The molecule has 3 aromatic rings. The van der Waals surface area contributed by atoms with Gasteiger partial charge in [0.1, 0.15) is 5.82 Å². The highest BCUT2D eigenvalue weighted by atomic mass is 32.1. The first-order valence-electron chi connectivity index (χ1n) is 13.0. The van der Waals surface area contributed by atoms with Crippen LogP contribution in [0.1, 0.15) is 44.1 Å². The molecule has 6 nitrogen and oxygen atoms in total. The van der Waals surface area contributed by atoms with Crippen molar-refractivity contribution in [3.63, 3.8) is 0 Å². The topological polar surface area (TPSA) is 74.5 Å². The van der Waals surface area contributed by atoms with Crippen LogP contribution >= 0.6 is 11.5 Å². The molecule has 35 heavy (non-hydrogen) atoms. The highest BCUT2D eigenvalue weighted by Crippen LogP contribution is 2.43. The number of benzene rings is 2. The molecule has 2 aromatic carbocycles. The largest absolute Gasteiger partial charge is 0.353 e. The minimum absolute atomic E-state index is 0.120. The van der Waals surface area contributed by atoms with Crippen LogP contribution in [0, 0.1) is 11.8 Å². The zero-order valence-corrected chi connectivity index (χ0v) is 21.4. The summed E-state index contributed by atoms with van der Waals surface area (Å²) in [6.45, 7) is 7.52. The molecule has 7 heteroatoms. The molecule has 5 rings (SSSR count). The number of aromatic nitrogens is 1. The van der Waals surface area contributed by atoms with Crippen molar-refractivity contribution in [3.8, 4) is 0 Å². The van der Waals surface area contributed by atoms with Gasteiger partial charge in [-0.05, 0) is 86.1 Å². The van der Waals surface area contributed by atoms with Gasteiger partial charge >= 0.3 is 6.03 Å². The zero-order valence-electron chi connectivity index (χ0n) is 20.6. The van der Waals surface area contributed by atoms with Crippen molar-refractivity contribution >= 4 is 33.5 Å². The number of hydrogen-bond acceptors (Lipinski definition) is 5. The number of piperazine rings is 1. The van der Waals surface area contributed by atoms with E-state index in [1.165, 1.54) is 28.5 Å². The zero-order chi connectivity index (χ0) is 24.2. The van der Waals surface area contributed by atoms with Gasteiger partial charge in [-0.25, -0.2) is 4.79 Å². The third-order valence-electron chi connectivity index (χ3n) is 8.19. The average Bonchev–Trinajstić information content (AvgIpc) is 3.32. The molecule has 1 aliphatic carbocycles. The van der Waals surface area contributed by atoms with E-state index in [1.807, 2.05) is 0 Å². The van der Waals surface area contributed by atoms with E-state index in [1.54, 1.807) is 11.5 Å². The van der Waals surface area contributed by atoms with E-state index in [0.29, 0.717) is 17.8 Å². The maximum Gasteiger partial charge on any atom is 0.312 e. The number of carbonyl (C=O) groups excluding carboxylic acids is 1. The van der Waals surface area contributed by atoms with Gasteiger partial charge in [0.15, 0.2) is 0 Å². The summed E-state index contributed by atoms with van der Waals surface area (Å²) in [5.74, 6) is 2.84. The molecule has 2 fully saturated rings. The van der Waals surface area contributed by atoms with Crippen molar-refractivity contribution < 1.29 is 4.79 Å². The van der Waals surface area contributed by atoms with Crippen molar-refractivity contribution in [1.29, 1.82) is 0 Å². The number of carbonyl (C=O) groups is 1. The van der Waals surface area contributed by atoms with Crippen molar-refractivity contribution in [2.75, 3.05) is 37.6 Å². The molecule has 3 N–H and O–H groups in total. The summed E-state index contributed by atoms with van der Waals surface area (Å²) in [7, 11) is 0. The van der Waals surface area contributed by atoms with Gasteiger partial charge in [-0.2, -0.15) is 4.37 Å². The second kappa shape index (κ2) is 11.0. The van der Waals surface area contributed by atoms with Crippen LogP contribution in [0.3, 0.4) is 0 Å². The number of nitrogens with one attached hydrogen (secondary N) is 1. The summed E-state index contributed by atoms with van der Waals surface area (Å²) in [6, 6.07) is 19.2. The highest BCUT2D eigenvalue weighted by molar-refractivity contribution is 7.13. The smallest absolute Gasteiger partial charge is 0.312 e.